The van der Waals surface area contributed by atoms with Gasteiger partial charge in [0.1, 0.15) is 0 Å². The molecule has 0 fully saturated rings. The van der Waals surface area contributed by atoms with Crippen LogP contribution in [0.4, 0.5) is 5.69 Å². The van der Waals surface area contributed by atoms with Crippen molar-refractivity contribution >= 4 is 46.3 Å². The first-order valence-electron chi connectivity index (χ1n) is 7.01. The number of carbonyl (C=O) groups is 3. The lowest BCUT2D eigenvalue weighted by Crippen LogP contribution is -2.36. The predicted molar refractivity (Wildman–Crippen MR) is 94.8 cm³/mol. The lowest BCUT2D eigenvalue weighted by molar-refractivity contribution is -0.127. The summed E-state index contributed by atoms with van der Waals surface area (Å²) in [6.45, 7) is -0.132. The summed E-state index contributed by atoms with van der Waals surface area (Å²) in [6, 6.07) is 7.99. The molecule has 126 valence electrons. The molecule has 0 atom stereocenters. The molecule has 0 spiro atoms. The Morgan fingerprint density at radius 2 is 1.92 bits per heavy atom. The Balaban J connectivity index is 2.16. The van der Waals surface area contributed by atoms with E-state index in [-0.39, 0.29) is 29.6 Å². The van der Waals surface area contributed by atoms with Crippen molar-refractivity contribution in [2.45, 2.75) is 0 Å². The van der Waals surface area contributed by atoms with Crippen molar-refractivity contribution in [2.75, 3.05) is 26.0 Å². The number of anilines is 1. The van der Waals surface area contributed by atoms with E-state index >= 15 is 0 Å². The maximum absolute atomic E-state index is 12.3. The minimum absolute atomic E-state index is 0.132. The van der Waals surface area contributed by atoms with Crippen LogP contribution in [0.15, 0.2) is 35.7 Å². The number of amides is 3. The highest BCUT2D eigenvalue weighted by Gasteiger charge is 2.16. The van der Waals surface area contributed by atoms with Gasteiger partial charge in [-0.15, -0.1) is 11.3 Å². The molecule has 8 heteroatoms. The summed E-state index contributed by atoms with van der Waals surface area (Å²) in [5.41, 5.74) is 0.520. The second kappa shape index (κ2) is 7.94. The van der Waals surface area contributed by atoms with Crippen LogP contribution in [0, 0.1) is 0 Å². The lowest BCUT2D eigenvalue weighted by Gasteiger charge is -2.13. The summed E-state index contributed by atoms with van der Waals surface area (Å²) in [6.07, 6.45) is 0. The van der Waals surface area contributed by atoms with Gasteiger partial charge >= 0.3 is 0 Å². The quantitative estimate of drug-likeness (QED) is 0.854. The molecule has 1 aromatic heterocycles. The second-order valence-corrected chi connectivity index (χ2v) is 6.48. The Morgan fingerprint density at radius 3 is 2.54 bits per heavy atom. The fourth-order valence-corrected chi connectivity index (χ4v) is 2.61. The van der Waals surface area contributed by atoms with Crippen molar-refractivity contribution in [3.05, 3.63) is 51.2 Å². The topological polar surface area (TPSA) is 78.5 Å². The van der Waals surface area contributed by atoms with Gasteiger partial charge in [-0.05, 0) is 29.6 Å². The van der Waals surface area contributed by atoms with Crippen LogP contribution >= 0.6 is 22.9 Å². The van der Waals surface area contributed by atoms with E-state index < -0.39 is 5.91 Å². The Bertz CT molecular complexity index is 760. The SMILES string of the molecule is CN(C)C(=O)CNC(=O)c1ccc(Cl)cc1NC(=O)c1cccs1. The van der Waals surface area contributed by atoms with Crippen LogP contribution in [0.1, 0.15) is 20.0 Å². The van der Waals surface area contributed by atoms with Gasteiger partial charge in [0, 0.05) is 19.1 Å². The van der Waals surface area contributed by atoms with Crippen LogP contribution in [0.3, 0.4) is 0 Å². The van der Waals surface area contributed by atoms with Gasteiger partial charge < -0.3 is 15.5 Å². The Morgan fingerprint density at radius 1 is 1.17 bits per heavy atom. The highest BCUT2D eigenvalue weighted by atomic mass is 35.5. The minimum Gasteiger partial charge on any atom is -0.347 e. The van der Waals surface area contributed by atoms with Gasteiger partial charge in [-0.1, -0.05) is 17.7 Å². The molecule has 0 aliphatic rings. The number of benzene rings is 1. The molecule has 0 bridgehead atoms. The van der Waals surface area contributed by atoms with Gasteiger partial charge in [0.2, 0.25) is 5.91 Å². The van der Waals surface area contributed by atoms with Gasteiger partial charge in [0.15, 0.2) is 0 Å². The third kappa shape index (κ3) is 4.56. The zero-order valence-corrected chi connectivity index (χ0v) is 14.7. The van der Waals surface area contributed by atoms with Crippen LogP contribution in [0.5, 0.6) is 0 Å². The molecular weight excluding hydrogens is 350 g/mol. The van der Waals surface area contributed by atoms with E-state index in [9.17, 15) is 14.4 Å². The van der Waals surface area contributed by atoms with E-state index in [0.29, 0.717) is 9.90 Å². The van der Waals surface area contributed by atoms with E-state index in [2.05, 4.69) is 10.6 Å². The third-order valence-electron chi connectivity index (χ3n) is 3.12. The summed E-state index contributed by atoms with van der Waals surface area (Å²) in [5, 5.41) is 7.37. The number of thiophene rings is 1. The third-order valence-corrected chi connectivity index (χ3v) is 4.22. The zero-order valence-electron chi connectivity index (χ0n) is 13.1. The molecule has 0 aliphatic heterocycles. The summed E-state index contributed by atoms with van der Waals surface area (Å²) in [7, 11) is 3.20. The normalized spacial score (nSPS) is 10.1. The summed E-state index contributed by atoms with van der Waals surface area (Å²) in [4.78, 5) is 37.9. The van der Waals surface area contributed by atoms with Crippen molar-refractivity contribution in [3.63, 3.8) is 0 Å². The molecule has 0 aliphatic carbocycles. The Labute approximate surface area is 148 Å². The van der Waals surface area contributed by atoms with Crippen LogP contribution < -0.4 is 10.6 Å². The summed E-state index contributed by atoms with van der Waals surface area (Å²) >= 11 is 7.25. The van der Waals surface area contributed by atoms with Crippen LogP contribution in [0.2, 0.25) is 5.02 Å². The van der Waals surface area contributed by atoms with Gasteiger partial charge in [-0.25, -0.2) is 0 Å². The number of rotatable bonds is 5. The van der Waals surface area contributed by atoms with Gasteiger partial charge in [0.25, 0.3) is 11.8 Å². The predicted octanol–water partition coefficient (Wildman–Crippen LogP) is 2.47. The van der Waals surface area contributed by atoms with Crippen LogP contribution in [0.25, 0.3) is 0 Å². The molecule has 2 rings (SSSR count). The van der Waals surface area contributed by atoms with Crippen molar-refractivity contribution in [3.8, 4) is 0 Å². The van der Waals surface area contributed by atoms with Crippen LogP contribution in [-0.4, -0.2) is 43.3 Å². The number of nitrogens with zero attached hydrogens (tertiary/aromatic N) is 1. The Kier molecular flexibility index (Phi) is 5.94. The molecule has 0 saturated carbocycles. The van der Waals surface area contributed by atoms with Gasteiger partial charge in [-0.2, -0.15) is 0 Å². The number of likely N-dealkylation sites (N-methyl/N-ethyl adjacent to an activating group) is 1. The number of hydrogen-bond acceptors (Lipinski definition) is 4. The van der Waals surface area contributed by atoms with Crippen molar-refractivity contribution < 1.29 is 14.4 Å². The fourth-order valence-electron chi connectivity index (χ4n) is 1.82. The van der Waals surface area contributed by atoms with E-state index in [1.807, 2.05) is 0 Å². The smallest absolute Gasteiger partial charge is 0.265 e. The average Bonchev–Trinajstić information content (AvgIpc) is 3.06. The standard InChI is InChI=1S/C16H16ClN3O3S/c1-20(2)14(21)9-18-15(22)11-6-5-10(17)8-12(11)19-16(23)13-4-3-7-24-13/h3-8H,9H2,1-2H3,(H,18,22)(H,19,23). The zero-order chi connectivity index (χ0) is 17.7. The molecule has 24 heavy (non-hydrogen) atoms. The molecule has 2 N–H and O–H groups in total. The molecular formula is C16H16ClN3O3S. The van der Waals surface area contributed by atoms with Crippen LogP contribution in [-0.2, 0) is 4.79 Å². The van der Waals surface area contributed by atoms with E-state index in [4.69, 9.17) is 11.6 Å². The number of halogens is 1. The van der Waals surface area contributed by atoms with Crippen molar-refractivity contribution in [2.24, 2.45) is 0 Å². The molecule has 1 heterocycles. The maximum Gasteiger partial charge on any atom is 0.265 e. The monoisotopic (exact) mass is 365 g/mol. The fraction of sp³-hybridized carbons (Fsp3) is 0.188. The number of carbonyl (C=O) groups excluding carboxylic acids is 3. The molecule has 0 saturated heterocycles. The first-order chi connectivity index (χ1) is 11.4. The molecule has 0 radical (unpaired) electrons. The molecule has 3 amide bonds. The van der Waals surface area contributed by atoms with Crippen molar-refractivity contribution in [1.29, 1.82) is 0 Å². The van der Waals surface area contributed by atoms with E-state index in [0.717, 1.165) is 0 Å². The van der Waals surface area contributed by atoms with E-state index in [1.165, 1.54) is 28.4 Å². The van der Waals surface area contributed by atoms with Crippen molar-refractivity contribution in [1.82, 2.24) is 10.2 Å². The summed E-state index contributed by atoms with van der Waals surface area (Å²) in [5.74, 6) is -1.03. The average molecular weight is 366 g/mol. The first kappa shape index (κ1) is 18.0. The molecule has 0 unspecified atom stereocenters. The molecule has 6 nitrogen and oxygen atoms in total. The highest BCUT2D eigenvalue weighted by Crippen LogP contribution is 2.22. The first-order valence-corrected chi connectivity index (χ1v) is 8.27. The number of hydrogen-bond donors (Lipinski definition) is 2. The largest absolute Gasteiger partial charge is 0.347 e. The lowest BCUT2D eigenvalue weighted by atomic mass is 10.1. The minimum atomic E-state index is -0.469. The summed E-state index contributed by atoms with van der Waals surface area (Å²) < 4.78 is 0. The van der Waals surface area contributed by atoms with Gasteiger partial charge in [0.05, 0.1) is 22.7 Å². The maximum atomic E-state index is 12.3. The highest BCUT2D eigenvalue weighted by molar-refractivity contribution is 7.12. The molecule has 1 aromatic carbocycles. The molecule has 2 aromatic rings. The Hall–Kier alpha value is -2.38. The number of nitrogens with one attached hydrogen (secondary N) is 2. The van der Waals surface area contributed by atoms with E-state index in [1.54, 1.807) is 37.7 Å². The van der Waals surface area contributed by atoms with Gasteiger partial charge in [-0.3, -0.25) is 14.4 Å². The second-order valence-electron chi connectivity index (χ2n) is 5.09.